The Bertz CT molecular complexity index is 617. The van der Waals surface area contributed by atoms with E-state index >= 15 is 0 Å². The minimum absolute atomic E-state index is 0.0186. The molecule has 1 saturated heterocycles. The highest BCUT2D eigenvalue weighted by molar-refractivity contribution is 7.92. The van der Waals surface area contributed by atoms with Crippen molar-refractivity contribution in [3.8, 4) is 0 Å². The quantitative estimate of drug-likeness (QED) is 0.680. The molecule has 0 amide bonds. The van der Waals surface area contributed by atoms with Crippen molar-refractivity contribution in [3.63, 3.8) is 0 Å². The minimum Gasteiger partial charge on any atom is -0.392 e. The summed E-state index contributed by atoms with van der Waals surface area (Å²) in [5.41, 5.74) is -0.658. The monoisotopic (exact) mass is 420 g/mol. The Balaban J connectivity index is 2.03. The van der Waals surface area contributed by atoms with Gasteiger partial charge in [-0.3, -0.25) is 0 Å². The molecule has 3 rings (SSSR count). The van der Waals surface area contributed by atoms with Crippen molar-refractivity contribution < 1.29 is 22.3 Å². The topological polar surface area (TPSA) is 54.4 Å². The van der Waals surface area contributed by atoms with E-state index in [4.69, 9.17) is 0 Å². The third-order valence-corrected chi connectivity index (χ3v) is 10.7. The zero-order chi connectivity index (χ0) is 20.5. The zero-order valence-electron chi connectivity index (χ0n) is 17.5. The summed E-state index contributed by atoms with van der Waals surface area (Å²) in [5.74, 6) is -0.448. The van der Waals surface area contributed by atoms with Crippen LogP contribution in [0.3, 0.4) is 0 Å². The van der Waals surface area contributed by atoms with E-state index in [0.717, 1.165) is 12.8 Å². The number of fused-ring (bicyclic) bond motifs is 1. The first-order chi connectivity index (χ1) is 13.2. The standard InChI is InChI=1S/C22H38F2O3S/c1-3-5-12-22(4-2)14-28(26,27)19-11-10-17(24)13-18(19)20(21(22)25)15-6-8-16(23)9-7-15/h15-21,25H,3-14H2,1-2H3/t15?,16?,17?,18?,19?,20-,21-,22+/m0/s1. The van der Waals surface area contributed by atoms with Crippen molar-refractivity contribution in [2.24, 2.45) is 23.2 Å². The number of hydrogen-bond acceptors (Lipinski definition) is 3. The fourth-order valence-electron chi connectivity index (χ4n) is 6.52. The van der Waals surface area contributed by atoms with Crippen LogP contribution in [-0.2, 0) is 9.84 Å². The fraction of sp³-hybridized carbons (Fsp3) is 1.00. The zero-order valence-corrected chi connectivity index (χ0v) is 18.3. The highest BCUT2D eigenvalue weighted by atomic mass is 32.2. The summed E-state index contributed by atoms with van der Waals surface area (Å²) in [6.07, 6.45) is 3.80. The van der Waals surface area contributed by atoms with Crippen LogP contribution in [0.1, 0.15) is 84.5 Å². The van der Waals surface area contributed by atoms with Gasteiger partial charge in [0.25, 0.3) is 0 Å². The predicted molar refractivity (Wildman–Crippen MR) is 108 cm³/mol. The first-order valence-corrected chi connectivity index (χ1v) is 13.1. The van der Waals surface area contributed by atoms with Crippen molar-refractivity contribution in [3.05, 3.63) is 0 Å². The molecule has 6 heteroatoms. The molecule has 6 atom stereocenters. The first kappa shape index (κ1) is 22.5. The molecule has 3 fully saturated rings. The van der Waals surface area contributed by atoms with E-state index in [1.165, 1.54) is 0 Å². The fourth-order valence-corrected chi connectivity index (χ4v) is 9.37. The molecule has 0 bridgehead atoms. The molecule has 28 heavy (non-hydrogen) atoms. The van der Waals surface area contributed by atoms with Gasteiger partial charge in [0.2, 0.25) is 0 Å². The predicted octanol–water partition coefficient (Wildman–Crippen LogP) is 5.01. The van der Waals surface area contributed by atoms with Gasteiger partial charge in [-0.15, -0.1) is 0 Å². The maximum absolute atomic E-state index is 14.4. The second-order valence-electron chi connectivity index (χ2n) is 9.77. The minimum atomic E-state index is -3.41. The number of aliphatic hydroxyl groups excluding tert-OH is 1. The number of sulfone groups is 1. The molecule has 2 saturated carbocycles. The molecule has 3 unspecified atom stereocenters. The maximum atomic E-state index is 14.4. The van der Waals surface area contributed by atoms with Crippen molar-refractivity contribution >= 4 is 9.84 Å². The van der Waals surface area contributed by atoms with Crippen LogP contribution < -0.4 is 0 Å². The smallest absolute Gasteiger partial charge is 0.154 e. The molecular weight excluding hydrogens is 382 g/mol. The molecule has 3 aliphatic rings. The summed E-state index contributed by atoms with van der Waals surface area (Å²) >= 11 is 0. The highest BCUT2D eigenvalue weighted by Gasteiger charge is 2.56. The van der Waals surface area contributed by atoms with Gasteiger partial charge in [0, 0.05) is 5.41 Å². The van der Waals surface area contributed by atoms with Crippen molar-refractivity contribution in [1.82, 2.24) is 0 Å². The molecule has 0 aromatic heterocycles. The number of rotatable bonds is 5. The molecule has 1 N–H and O–H groups in total. The summed E-state index contributed by atoms with van der Waals surface area (Å²) in [5, 5.41) is 11.1. The highest BCUT2D eigenvalue weighted by Crippen LogP contribution is 2.53. The van der Waals surface area contributed by atoms with Crippen LogP contribution in [-0.4, -0.2) is 43.0 Å². The summed E-state index contributed by atoms with van der Waals surface area (Å²) in [6.45, 7) is 4.06. The summed E-state index contributed by atoms with van der Waals surface area (Å²) in [4.78, 5) is 0. The van der Waals surface area contributed by atoms with Crippen LogP contribution in [0.5, 0.6) is 0 Å². The van der Waals surface area contributed by atoms with E-state index in [0.29, 0.717) is 51.4 Å². The number of halogens is 2. The second kappa shape index (κ2) is 8.87. The van der Waals surface area contributed by atoms with E-state index in [-0.39, 0.29) is 29.9 Å². The molecule has 1 heterocycles. The van der Waals surface area contributed by atoms with Gasteiger partial charge in [0.1, 0.15) is 12.3 Å². The Hall–Kier alpha value is -0.230. The van der Waals surface area contributed by atoms with Crippen LogP contribution in [0.25, 0.3) is 0 Å². The lowest BCUT2D eigenvalue weighted by Crippen LogP contribution is -2.48. The van der Waals surface area contributed by atoms with E-state index in [1.54, 1.807) is 0 Å². The van der Waals surface area contributed by atoms with Gasteiger partial charge in [0.15, 0.2) is 9.84 Å². The number of aliphatic hydroxyl groups is 1. The molecule has 1 aliphatic heterocycles. The molecule has 2 aliphatic carbocycles. The molecule has 3 nitrogen and oxygen atoms in total. The van der Waals surface area contributed by atoms with Crippen LogP contribution >= 0.6 is 0 Å². The Kier molecular flexibility index (Phi) is 7.11. The largest absolute Gasteiger partial charge is 0.392 e. The molecule has 0 spiro atoms. The average molecular weight is 421 g/mol. The third-order valence-electron chi connectivity index (χ3n) is 8.18. The SMILES string of the molecule is CCCC[C@]1(CC)CS(=O)(=O)C2CCC(F)CC2[C@H](C2CCC(F)CC2)[C@@H]1O. The number of unbranched alkanes of at least 4 members (excludes halogenated alkanes) is 1. The van der Waals surface area contributed by atoms with E-state index in [1.807, 2.05) is 6.92 Å². The van der Waals surface area contributed by atoms with Gasteiger partial charge in [-0.05, 0) is 75.5 Å². The molecule has 164 valence electrons. The van der Waals surface area contributed by atoms with Gasteiger partial charge in [-0.25, -0.2) is 17.2 Å². The molecular formula is C22H38F2O3S. The molecule has 0 aromatic rings. The number of alkyl halides is 2. The van der Waals surface area contributed by atoms with Crippen molar-refractivity contribution in [2.75, 3.05) is 5.75 Å². The van der Waals surface area contributed by atoms with Crippen LogP contribution in [0.2, 0.25) is 0 Å². The average Bonchev–Trinajstić information content (AvgIpc) is 2.72. The van der Waals surface area contributed by atoms with Crippen LogP contribution in [0, 0.1) is 23.2 Å². The lowest BCUT2D eigenvalue weighted by molar-refractivity contribution is -0.0708. The van der Waals surface area contributed by atoms with Crippen molar-refractivity contribution in [2.45, 2.75) is 108 Å². The lowest BCUT2D eigenvalue weighted by atomic mass is 9.61. The van der Waals surface area contributed by atoms with Crippen molar-refractivity contribution in [1.29, 1.82) is 0 Å². The summed E-state index contributed by atoms with van der Waals surface area (Å²) < 4.78 is 55.0. The van der Waals surface area contributed by atoms with Crippen LogP contribution in [0.15, 0.2) is 0 Å². The Morgan fingerprint density at radius 2 is 1.64 bits per heavy atom. The second-order valence-corrected chi connectivity index (χ2v) is 12.0. The normalized spacial score (nSPS) is 46.5. The van der Waals surface area contributed by atoms with E-state index < -0.39 is 38.9 Å². The third kappa shape index (κ3) is 4.28. The van der Waals surface area contributed by atoms with E-state index in [2.05, 4.69) is 6.92 Å². The van der Waals surface area contributed by atoms with E-state index in [9.17, 15) is 22.3 Å². The van der Waals surface area contributed by atoms with Gasteiger partial charge in [0.05, 0.1) is 17.1 Å². The van der Waals surface area contributed by atoms with Gasteiger partial charge in [-0.1, -0.05) is 26.7 Å². The van der Waals surface area contributed by atoms with Crippen LogP contribution in [0.4, 0.5) is 8.78 Å². The Morgan fingerprint density at radius 1 is 1.00 bits per heavy atom. The summed E-state index contributed by atoms with van der Waals surface area (Å²) in [7, 11) is -3.41. The van der Waals surface area contributed by atoms with Gasteiger partial charge in [-0.2, -0.15) is 0 Å². The summed E-state index contributed by atoms with van der Waals surface area (Å²) in [6, 6.07) is 0. The Labute approximate surface area is 169 Å². The lowest BCUT2D eigenvalue weighted by Gasteiger charge is -2.46. The molecule has 0 radical (unpaired) electrons. The Morgan fingerprint density at radius 3 is 2.25 bits per heavy atom. The first-order valence-electron chi connectivity index (χ1n) is 11.4. The number of hydrogen-bond donors (Lipinski definition) is 1. The molecule has 0 aromatic carbocycles. The van der Waals surface area contributed by atoms with Gasteiger partial charge < -0.3 is 5.11 Å². The van der Waals surface area contributed by atoms with Gasteiger partial charge >= 0.3 is 0 Å². The maximum Gasteiger partial charge on any atom is 0.154 e.